The lowest BCUT2D eigenvalue weighted by molar-refractivity contribution is 0.354. The van der Waals surface area contributed by atoms with E-state index in [2.05, 4.69) is 22.6 Å². The van der Waals surface area contributed by atoms with Gasteiger partial charge >= 0.3 is 0 Å². The van der Waals surface area contributed by atoms with E-state index in [1.807, 2.05) is 19.1 Å². The molecule has 78 valence electrons. The minimum atomic E-state index is 0.00158. The Labute approximate surface area is 97.7 Å². The predicted molar refractivity (Wildman–Crippen MR) is 64.9 cm³/mol. The molecule has 2 N–H and O–H groups in total. The number of hydrogen-bond acceptors (Lipinski definition) is 3. The van der Waals surface area contributed by atoms with E-state index in [1.54, 1.807) is 14.2 Å². The molecule has 4 heteroatoms. The molecule has 0 amide bonds. The van der Waals surface area contributed by atoms with Crippen LogP contribution in [-0.4, -0.2) is 14.2 Å². The maximum atomic E-state index is 5.83. The van der Waals surface area contributed by atoms with Gasteiger partial charge in [-0.1, -0.05) is 0 Å². The number of methoxy groups -OCH3 is 2. The number of hydrogen-bond donors (Lipinski definition) is 1. The van der Waals surface area contributed by atoms with Crippen LogP contribution >= 0.6 is 22.6 Å². The largest absolute Gasteiger partial charge is 0.493 e. The number of ether oxygens (including phenoxy) is 2. The minimum absolute atomic E-state index is 0.00158. The van der Waals surface area contributed by atoms with Crippen molar-refractivity contribution in [2.45, 2.75) is 13.0 Å². The quantitative estimate of drug-likeness (QED) is 0.872. The van der Waals surface area contributed by atoms with E-state index < -0.39 is 0 Å². The fourth-order valence-corrected chi connectivity index (χ4v) is 2.15. The first kappa shape index (κ1) is 11.6. The van der Waals surface area contributed by atoms with Gasteiger partial charge in [0.15, 0.2) is 11.5 Å². The van der Waals surface area contributed by atoms with Gasteiger partial charge < -0.3 is 15.2 Å². The molecule has 1 aromatic carbocycles. The van der Waals surface area contributed by atoms with Gasteiger partial charge in [-0.2, -0.15) is 0 Å². The Morgan fingerprint density at radius 3 is 2.14 bits per heavy atom. The average molecular weight is 307 g/mol. The lowest BCUT2D eigenvalue weighted by Gasteiger charge is -2.13. The Bertz CT molecular complexity index is 326. The molecule has 1 aromatic rings. The minimum Gasteiger partial charge on any atom is -0.493 e. The molecule has 0 spiro atoms. The highest BCUT2D eigenvalue weighted by atomic mass is 127. The topological polar surface area (TPSA) is 44.5 Å². The summed E-state index contributed by atoms with van der Waals surface area (Å²) in [5, 5.41) is 0. The molecule has 14 heavy (non-hydrogen) atoms. The zero-order valence-corrected chi connectivity index (χ0v) is 10.7. The predicted octanol–water partition coefficient (Wildman–Crippen LogP) is 2.33. The standard InChI is InChI=1S/C10H14INO2/c1-6(12)7-4-9(13-2)10(14-3)5-8(7)11/h4-6H,12H2,1-3H3/t6-/m1/s1. The van der Waals surface area contributed by atoms with Crippen LogP contribution in [0.2, 0.25) is 0 Å². The zero-order valence-electron chi connectivity index (χ0n) is 8.50. The van der Waals surface area contributed by atoms with Crippen molar-refractivity contribution < 1.29 is 9.47 Å². The van der Waals surface area contributed by atoms with Gasteiger partial charge in [0.2, 0.25) is 0 Å². The summed E-state index contributed by atoms with van der Waals surface area (Å²) < 4.78 is 11.5. The van der Waals surface area contributed by atoms with E-state index in [4.69, 9.17) is 15.2 Å². The normalized spacial score (nSPS) is 12.4. The summed E-state index contributed by atoms with van der Waals surface area (Å²) in [6.07, 6.45) is 0. The summed E-state index contributed by atoms with van der Waals surface area (Å²) in [5.74, 6) is 1.46. The summed E-state index contributed by atoms with van der Waals surface area (Å²) in [5.41, 5.74) is 6.90. The molecule has 0 saturated carbocycles. The van der Waals surface area contributed by atoms with Crippen molar-refractivity contribution in [3.05, 3.63) is 21.3 Å². The number of halogens is 1. The van der Waals surface area contributed by atoms with E-state index >= 15 is 0 Å². The average Bonchev–Trinajstić information content (AvgIpc) is 2.16. The first-order chi connectivity index (χ1) is 6.60. The molecule has 1 rings (SSSR count). The van der Waals surface area contributed by atoms with Crippen molar-refractivity contribution in [2.24, 2.45) is 5.73 Å². The first-order valence-corrected chi connectivity index (χ1v) is 5.35. The van der Waals surface area contributed by atoms with Crippen molar-refractivity contribution in [1.82, 2.24) is 0 Å². The first-order valence-electron chi connectivity index (χ1n) is 4.27. The Morgan fingerprint density at radius 2 is 1.71 bits per heavy atom. The summed E-state index contributed by atoms with van der Waals surface area (Å²) in [4.78, 5) is 0. The summed E-state index contributed by atoms with van der Waals surface area (Å²) in [7, 11) is 3.25. The SMILES string of the molecule is COc1cc(I)c([C@@H](C)N)cc1OC. The van der Waals surface area contributed by atoms with Crippen LogP contribution in [0.5, 0.6) is 11.5 Å². The van der Waals surface area contributed by atoms with Crippen LogP contribution in [0.4, 0.5) is 0 Å². The number of rotatable bonds is 3. The van der Waals surface area contributed by atoms with Gasteiger partial charge in [-0.05, 0) is 47.2 Å². The molecule has 0 unspecified atom stereocenters. The van der Waals surface area contributed by atoms with E-state index in [0.29, 0.717) is 0 Å². The molecule has 0 aliphatic heterocycles. The Balaban J connectivity index is 3.23. The fraction of sp³-hybridized carbons (Fsp3) is 0.400. The van der Waals surface area contributed by atoms with Crippen LogP contribution in [0.1, 0.15) is 18.5 Å². The van der Waals surface area contributed by atoms with E-state index in [0.717, 1.165) is 20.6 Å². The maximum absolute atomic E-state index is 5.83. The van der Waals surface area contributed by atoms with Gasteiger partial charge in [-0.3, -0.25) is 0 Å². The Kier molecular flexibility index (Phi) is 4.00. The maximum Gasteiger partial charge on any atom is 0.161 e. The van der Waals surface area contributed by atoms with E-state index in [1.165, 1.54) is 0 Å². The van der Waals surface area contributed by atoms with Gasteiger partial charge in [-0.15, -0.1) is 0 Å². The molecule has 3 nitrogen and oxygen atoms in total. The zero-order chi connectivity index (χ0) is 10.7. The number of benzene rings is 1. The van der Waals surface area contributed by atoms with Crippen molar-refractivity contribution >= 4 is 22.6 Å². The molecule has 0 bridgehead atoms. The van der Waals surface area contributed by atoms with Crippen LogP contribution in [0.25, 0.3) is 0 Å². The van der Waals surface area contributed by atoms with Crippen molar-refractivity contribution in [2.75, 3.05) is 14.2 Å². The molecule has 0 fully saturated rings. The molecular weight excluding hydrogens is 293 g/mol. The summed E-state index contributed by atoms with van der Waals surface area (Å²) in [6, 6.07) is 3.85. The fourth-order valence-electron chi connectivity index (χ4n) is 1.22. The molecular formula is C10H14INO2. The molecule has 0 saturated heterocycles. The van der Waals surface area contributed by atoms with Crippen molar-refractivity contribution in [3.63, 3.8) is 0 Å². The second-order valence-corrected chi connectivity index (χ2v) is 4.18. The van der Waals surface area contributed by atoms with Crippen LogP contribution in [-0.2, 0) is 0 Å². The molecule has 0 heterocycles. The van der Waals surface area contributed by atoms with Gasteiger partial charge in [0.1, 0.15) is 0 Å². The monoisotopic (exact) mass is 307 g/mol. The molecule has 0 aliphatic carbocycles. The van der Waals surface area contributed by atoms with Crippen LogP contribution in [0.3, 0.4) is 0 Å². The van der Waals surface area contributed by atoms with Crippen molar-refractivity contribution in [3.8, 4) is 11.5 Å². The van der Waals surface area contributed by atoms with E-state index in [9.17, 15) is 0 Å². The van der Waals surface area contributed by atoms with Crippen LogP contribution < -0.4 is 15.2 Å². The van der Waals surface area contributed by atoms with Gasteiger partial charge in [0.25, 0.3) is 0 Å². The summed E-state index contributed by atoms with van der Waals surface area (Å²) >= 11 is 2.24. The lowest BCUT2D eigenvalue weighted by Crippen LogP contribution is -2.07. The Morgan fingerprint density at radius 1 is 1.21 bits per heavy atom. The molecule has 1 atom stereocenters. The lowest BCUT2D eigenvalue weighted by atomic mass is 10.1. The summed E-state index contributed by atoms with van der Waals surface area (Å²) in [6.45, 7) is 1.95. The second kappa shape index (κ2) is 4.84. The number of nitrogens with two attached hydrogens (primary N) is 1. The van der Waals surface area contributed by atoms with Crippen LogP contribution in [0.15, 0.2) is 12.1 Å². The highest BCUT2D eigenvalue weighted by molar-refractivity contribution is 14.1. The highest BCUT2D eigenvalue weighted by Crippen LogP contribution is 2.33. The second-order valence-electron chi connectivity index (χ2n) is 3.02. The third-order valence-corrected chi connectivity index (χ3v) is 2.93. The van der Waals surface area contributed by atoms with Crippen molar-refractivity contribution in [1.29, 1.82) is 0 Å². The van der Waals surface area contributed by atoms with Gasteiger partial charge in [0, 0.05) is 9.61 Å². The third kappa shape index (κ3) is 2.30. The third-order valence-electron chi connectivity index (χ3n) is 1.99. The molecule has 0 radical (unpaired) electrons. The van der Waals surface area contributed by atoms with Gasteiger partial charge in [-0.25, -0.2) is 0 Å². The molecule has 0 aliphatic rings. The van der Waals surface area contributed by atoms with Crippen LogP contribution in [0, 0.1) is 3.57 Å². The van der Waals surface area contributed by atoms with E-state index in [-0.39, 0.29) is 6.04 Å². The molecule has 0 aromatic heterocycles. The highest BCUT2D eigenvalue weighted by Gasteiger charge is 2.11. The smallest absolute Gasteiger partial charge is 0.161 e. The van der Waals surface area contributed by atoms with Gasteiger partial charge in [0.05, 0.1) is 14.2 Å². The Hall–Kier alpha value is -0.490.